The average Bonchev–Trinajstić information content (AvgIpc) is 2.77. The second-order valence-electron chi connectivity index (χ2n) is 6.94. The molecule has 2 amide bonds. The molecule has 0 fully saturated rings. The molecule has 30 heavy (non-hydrogen) atoms. The van der Waals surface area contributed by atoms with E-state index < -0.39 is 0 Å². The normalized spacial score (nSPS) is 12.0. The van der Waals surface area contributed by atoms with Gasteiger partial charge < -0.3 is 15.0 Å². The number of carbonyl (C=O) groups is 1. The number of urea groups is 1. The van der Waals surface area contributed by atoms with Gasteiger partial charge >= 0.3 is 6.03 Å². The molecule has 158 valence electrons. The molecule has 1 atom stereocenters. The molecule has 1 heterocycles. The predicted octanol–water partition coefficient (Wildman–Crippen LogP) is 4.05. The van der Waals surface area contributed by atoms with Gasteiger partial charge in [0.05, 0.1) is 30.1 Å². The van der Waals surface area contributed by atoms with E-state index in [4.69, 9.17) is 9.72 Å². The molecule has 0 radical (unpaired) electrons. The smallest absolute Gasteiger partial charge is 0.322 e. The van der Waals surface area contributed by atoms with Crippen molar-refractivity contribution in [3.63, 3.8) is 0 Å². The zero-order chi connectivity index (χ0) is 21.5. The Morgan fingerprint density at radius 3 is 2.50 bits per heavy atom. The van der Waals surface area contributed by atoms with Gasteiger partial charge in [-0.3, -0.25) is 9.36 Å². The quantitative estimate of drug-likeness (QED) is 0.610. The highest BCUT2D eigenvalue weighted by molar-refractivity contribution is 5.89. The van der Waals surface area contributed by atoms with E-state index in [-0.39, 0.29) is 17.6 Å². The molecule has 0 spiro atoms. The van der Waals surface area contributed by atoms with Crippen LogP contribution in [0.25, 0.3) is 10.9 Å². The number of para-hydroxylation sites is 2. The van der Waals surface area contributed by atoms with Gasteiger partial charge in [0, 0.05) is 19.3 Å². The van der Waals surface area contributed by atoms with Crippen molar-refractivity contribution in [1.29, 1.82) is 0 Å². The summed E-state index contributed by atoms with van der Waals surface area (Å²) >= 11 is 0. The molecule has 0 aliphatic heterocycles. The van der Waals surface area contributed by atoms with Gasteiger partial charge in [0.2, 0.25) is 0 Å². The summed E-state index contributed by atoms with van der Waals surface area (Å²) in [5.41, 5.74) is 1.23. The van der Waals surface area contributed by atoms with Gasteiger partial charge in [-0.2, -0.15) is 0 Å². The van der Waals surface area contributed by atoms with Crippen LogP contribution in [0.15, 0.2) is 59.4 Å². The number of fused-ring (bicyclic) bond motifs is 1. The third kappa shape index (κ3) is 4.52. The van der Waals surface area contributed by atoms with Gasteiger partial charge in [-0.15, -0.1) is 0 Å². The highest BCUT2D eigenvalue weighted by Crippen LogP contribution is 2.24. The van der Waals surface area contributed by atoms with Crippen LogP contribution in [0, 0.1) is 0 Å². The summed E-state index contributed by atoms with van der Waals surface area (Å²) in [5.74, 6) is 0.573. The summed E-state index contributed by atoms with van der Waals surface area (Å²) in [7, 11) is 1.60. The maximum Gasteiger partial charge on any atom is 0.322 e. The first-order valence-corrected chi connectivity index (χ1v) is 10.2. The Bertz CT molecular complexity index is 1050. The lowest BCUT2D eigenvalue weighted by molar-refractivity contribution is 0.172. The van der Waals surface area contributed by atoms with Crippen molar-refractivity contribution in [3.05, 3.63) is 70.8 Å². The molecule has 3 rings (SSSR count). The Morgan fingerprint density at radius 2 is 1.83 bits per heavy atom. The Morgan fingerprint density at radius 1 is 1.13 bits per heavy atom. The van der Waals surface area contributed by atoms with E-state index in [1.54, 1.807) is 22.6 Å². The van der Waals surface area contributed by atoms with Gasteiger partial charge in [0.1, 0.15) is 5.82 Å². The number of carbonyl (C=O) groups excluding carboxylic acids is 1. The number of hydrogen-bond acceptors (Lipinski definition) is 4. The highest BCUT2D eigenvalue weighted by atomic mass is 16.5. The third-order valence-corrected chi connectivity index (χ3v) is 5.10. The van der Waals surface area contributed by atoms with Crippen LogP contribution in [-0.4, -0.2) is 40.7 Å². The fraction of sp³-hybridized carbons (Fsp3) is 0.348. The number of methoxy groups -OCH3 is 1. The minimum atomic E-state index is -0.354. The Kier molecular flexibility index (Phi) is 7.19. The molecular formula is C23H28N4O3. The second-order valence-corrected chi connectivity index (χ2v) is 6.94. The minimum absolute atomic E-state index is 0.120. The number of nitrogens with one attached hydrogen (secondary N) is 1. The molecule has 7 heteroatoms. The Hall–Kier alpha value is -3.19. The standard InChI is InChI=1S/C23H28N4O3/c1-4-20(26(5-2)23(29)24-17-11-7-6-8-12-17)21-25-19-14-10-9-13-18(19)22(28)27(21)15-16-30-3/h6-14,20H,4-5,15-16H2,1-3H3,(H,24,29). The summed E-state index contributed by atoms with van der Waals surface area (Å²) in [4.78, 5) is 32.8. The average molecular weight is 409 g/mol. The van der Waals surface area contributed by atoms with E-state index in [9.17, 15) is 9.59 Å². The topological polar surface area (TPSA) is 76.5 Å². The first kappa shape index (κ1) is 21.5. The molecule has 2 aromatic carbocycles. The fourth-order valence-electron chi connectivity index (χ4n) is 3.60. The maximum atomic E-state index is 13.2. The minimum Gasteiger partial charge on any atom is -0.383 e. The van der Waals surface area contributed by atoms with E-state index in [0.29, 0.717) is 42.8 Å². The summed E-state index contributed by atoms with van der Waals surface area (Å²) in [6, 6.07) is 16.0. The van der Waals surface area contributed by atoms with Crippen molar-refractivity contribution in [2.45, 2.75) is 32.9 Å². The van der Waals surface area contributed by atoms with E-state index in [2.05, 4.69) is 5.32 Å². The SMILES string of the molecule is CCC(c1nc2ccccc2c(=O)n1CCOC)N(CC)C(=O)Nc1ccccc1. The van der Waals surface area contributed by atoms with Crippen molar-refractivity contribution in [2.75, 3.05) is 25.6 Å². The number of ether oxygens (including phenoxy) is 1. The van der Waals surface area contributed by atoms with Crippen LogP contribution in [0.3, 0.4) is 0 Å². The van der Waals surface area contributed by atoms with Gasteiger partial charge in [-0.05, 0) is 37.6 Å². The van der Waals surface area contributed by atoms with Gasteiger partial charge in [0.25, 0.3) is 5.56 Å². The number of benzene rings is 2. The van der Waals surface area contributed by atoms with Gasteiger partial charge in [-0.25, -0.2) is 9.78 Å². The molecule has 1 unspecified atom stereocenters. The Balaban J connectivity index is 2.04. The van der Waals surface area contributed by atoms with Crippen LogP contribution in [-0.2, 0) is 11.3 Å². The molecule has 3 aromatic rings. The lowest BCUT2D eigenvalue weighted by atomic mass is 10.1. The molecule has 1 N–H and O–H groups in total. The van der Waals surface area contributed by atoms with Crippen molar-refractivity contribution >= 4 is 22.6 Å². The van der Waals surface area contributed by atoms with Crippen molar-refractivity contribution in [1.82, 2.24) is 14.5 Å². The second kappa shape index (κ2) is 10.0. The van der Waals surface area contributed by atoms with Crippen LogP contribution in [0.2, 0.25) is 0 Å². The fourth-order valence-corrected chi connectivity index (χ4v) is 3.60. The lowest BCUT2D eigenvalue weighted by Gasteiger charge is -2.31. The molecule has 7 nitrogen and oxygen atoms in total. The van der Waals surface area contributed by atoms with Gasteiger partial charge in [-0.1, -0.05) is 37.3 Å². The highest BCUT2D eigenvalue weighted by Gasteiger charge is 2.27. The number of nitrogens with zero attached hydrogens (tertiary/aromatic N) is 3. The lowest BCUT2D eigenvalue weighted by Crippen LogP contribution is -2.41. The van der Waals surface area contributed by atoms with Crippen molar-refractivity contribution in [3.8, 4) is 0 Å². The summed E-state index contributed by atoms with van der Waals surface area (Å²) in [5, 5.41) is 3.50. The van der Waals surface area contributed by atoms with Crippen molar-refractivity contribution in [2.24, 2.45) is 0 Å². The first-order valence-electron chi connectivity index (χ1n) is 10.2. The molecular weight excluding hydrogens is 380 g/mol. The van der Waals surface area contributed by atoms with Crippen LogP contribution in [0.4, 0.5) is 10.5 Å². The monoisotopic (exact) mass is 408 g/mol. The Labute approximate surface area is 176 Å². The van der Waals surface area contributed by atoms with E-state index >= 15 is 0 Å². The molecule has 0 aliphatic carbocycles. The number of rotatable bonds is 8. The molecule has 1 aromatic heterocycles. The molecule has 0 aliphatic rings. The van der Waals surface area contributed by atoms with E-state index in [1.165, 1.54) is 0 Å². The zero-order valence-electron chi connectivity index (χ0n) is 17.7. The summed E-state index contributed by atoms with van der Waals surface area (Å²) in [6.45, 7) is 5.14. The number of anilines is 1. The van der Waals surface area contributed by atoms with Crippen LogP contribution in [0.5, 0.6) is 0 Å². The number of hydrogen-bond donors (Lipinski definition) is 1. The van der Waals surface area contributed by atoms with Crippen LogP contribution < -0.4 is 10.9 Å². The summed E-state index contributed by atoms with van der Waals surface area (Å²) in [6.07, 6.45) is 0.619. The molecule has 0 saturated heterocycles. The first-order chi connectivity index (χ1) is 14.6. The molecule has 0 saturated carbocycles. The van der Waals surface area contributed by atoms with E-state index in [0.717, 1.165) is 5.69 Å². The van der Waals surface area contributed by atoms with Crippen molar-refractivity contribution < 1.29 is 9.53 Å². The number of amides is 2. The van der Waals surface area contributed by atoms with Crippen LogP contribution in [0.1, 0.15) is 32.1 Å². The largest absolute Gasteiger partial charge is 0.383 e. The van der Waals surface area contributed by atoms with Gasteiger partial charge in [0.15, 0.2) is 0 Å². The maximum absolute atomic E-state index is 13.2. The number of aromatic nitrogens is 2. The van der Waals surface area contributed by atoms with Crippen LogP contribution >= 0.6 is 0 Å². The summed E-state index contributed by atoms with van der Waals surface area (Å²) < 4.78 is 6.85. The third-order valence-electron chi connectivity index (χ3n) is 5.10. The predicted molar refractivity (Wildman–Crippen MR) is 119 cm³/mol. The van der Waals surface area contributed by atoms with E-state index in [1.807, 2.05) is 62.4 Å². The molecule has 0 bridgehead atoms. The zero-order valence-corrected chi connectivity index (χ0v) is 17.7.